The maximum Gasteiger partial charge on any atom is 0.416 e. The smallest absolute Gasteiger partial charge is 0.322 e. The van der Waals surface area contributed by atoms with E-state index in [4.69, 9.17) is 0 Å². The Kier molecular flexibility index (Phi) is 5.25. The van der Waals surface area contributed by atoms with Crippen LogP contribution >= 0.6 is 0 Å². The Morgan fingerprint density at radius 2 is 1.78 bits per heavy atom. The molecular formula is C18H17F3N2O3S. The second-order valence-electron chi connectivity index (χ2n) is 6.36. The lowest BCUT2D eigenvalue weighted by molar-refractivity contribution is -0.137. The van der Waals surface area contributed by atoms with Crippen LogP contribution in [0.1, 0.15) is 28.8 Å². The van der Waals surface area contributed by atoms with Gasteiger partial charge in [-0.25, -0.2) is 13.1 Å². The Hall–Kier alpha value is -2.39. The van der Waals surface area contributed by atoms with Crippen molar-refractivity contribution in [2.45, 2.75) is 23.9 Å². The SMILES string of the molecule is O=C(Nc1cccc(C(F)(F)F)c1)c1cccc(S(=O)(=O)NCC2CC2)c1. The monoisotopic (exact) mass is 398 g/mol. The van der Waals surface area contributed by atoms with Crippen LogP contribution in [-0.2, 0) is 16.2 Å². The molecule has 1 amide bonds. The average Bonchev–Trinajstić information content (AvgIpc) is 3.44. The summed E-state index contributed by atoms with van der Waals surface area (Å²) in [6.45, 7) is 0.350. The molecule has 0 spiro atoms. The fraction of sp³-hybridized carbons (Fsp3) is 0.278. The molecule has 5 nitrogen and oxygen atoms in total. The molecule has 0 saturated heterocycles. The summed E-state index contributed by atoms with van der Waals surface area (Å²) in [5.41, 5.74) is -0.891. The fourth-order valence-electron chi connectivity index (χ4n) is 2.41. The Bertz CT molecular complexity index is 954. The number of anilines is 1. The summed E-state index contributed by atoms with van der Waals surface area (Å²) in [7, 11) is -3.75. The molecule has 2 aromatic rings. The van der Waals surface area contributed by atoms with Crippen molar-refractivity contribution in [3.63, 3.8) is 0 Å². The van der Waals surface area contributed by atoms with Gasteiger partial charge in [0.15, 0.2) is 0 Å². The van der Waals surface area contributed by atoms with E-state index in [0.29, 0.717) is 12.5 Å². The summed E-state index contributed by atoms with van der Waals surface area (Å²) in [6.07, 6.45) is -2.55. The third-order valence-electron chi connectivity index (χ3n) is 4.11. The molecule has 9 heteroatoms. The summed E-state index contributed by atoms with van der Waals surface area (Å²) in [5.74, 6) is -0.347. The molecule has 0 heterocycles. The molecule has 1 saturated carbocycles. The molecule has 2 N–H and O–H groups in total. The number of carbonyl (C=O) groups excluding carboxylic acids is 1. The van der Waals surface area contributed by atoms with E-state index in [1.807, 2.05) is 0 Å². The Balaban J connectivity index is 1.75. The first-order valence-electron chi connectivity index (χ1n) is 8.23. The quantitative estimate of drug-likeness (QED) is 0.780. The summed E-state index contributed by atoms with van der Waals surface area (Å²) < 4.78 is 65.3. The molecule has 1 fully saturated rings. The van der Waals surface area contributed by atoms with E-state index >= 15 is 0 Å². The topological polar surface area (TPSA) is 75.3 Å². The molecule has 0 atom stereocenters. The number of hydrogen-bond donors (Lipinski definition) is 2. The van der Waals surface area contributed by atoms with Crippen molar-refractivity contribution in [1.82, 2.24) is 4.72 Å². The van der Waals surface area contributed by atoms with Crippen LogP contribution in [0.3, 0.4) is 0 Å². The number of benzene rings is 2. The van der Waals surface area contributed by atoms with Crippen LogP contribution in [0.2, 0.25) is 0 Å². The van der Waals surface area contributed by atoms with Gasteiger partial charge in [0.2, 0.25) is 10.0 Å². The highest BCUT2D eigenvalue weighted by Gasteiger charge is 2.30. The zero-order chi connectivity index (χ0) is 19.7. The second kappa shape index (κ2) is 7.32. The summed E-state index contributed by atoms with van der Waals surface area (Å²) in [4.78, 5) is 12.3. The number of amides is 1. The highest BCUT2D eigenvalue weighted by Crippen LogP contribution is 2.31. The van der Waals surface area contributed by atoms with E-state index in [1.54, 1.807) is 0 Å². The molecule has 144 valence electrons. The predicted molar refractivity (Wildman–Crippen MR) is 93.8 cm³/mol. The first-order chi connectivity index (χ1) is 12.6. The van der Waals surface area contributed by atoms with Gasteiger partial charge >= 0.3 is 6.18 Å². The van der Waals surface area contributed by atoms with E-state index in [9.17, 15) is 26.4 Å². The lowest BCUT2D eigenvalue weighted by atomic mass is 10.1. The Labute approximate surface area is 154 Å². The van der Waals surface area contributed by atoms with Crippen molar-refractivity contribution >= 4 is 21.6 Å². The van der Waals surface area contributed by atoms with Crippen LogP contribution in [-0.4, -0.2) is 20.9 Å². The van der Waals surface area contributed by atoms with Crippen molar-refractivity contribution < 1.29 is 26.4 Å². The first-order valence-corrected chi connectivity index (χ1v) is 9.72. The van der Waals surface area contributed by atoms with Crippen LogP contribution < -0.4 is 10.0 Å². The van der Waals surface area contributed by atoms with E-state index in [2.05, 4.69) is 10.0 Å². The molecule has 27 heavy (non-hydrogen) atoms. The molecule has 1 aliphatic carbocycles. The van der Waals surface area contributed by atoms with Crippen LogP contribution in [0.15, 0.2) is 53.4 Å². The number of alkyl halides is 3. The maximum atomic E-state index is 12.8. The summed E-state index contributed by atoms with van der Waals surface area (Å²) in [5, 5.41) is 2.36. The number of hydrogen-bond acceptors (Lipinski definition) is 3. The van der Waals surface area contributed by atoms with Gasteiger partial charge in [-0.3, -0.25) is 4.79 Å². The molecule has 0 aromatic heterocycles. The van der Waals surface area contributed by atoms with Crippen molar-refractivity contribution in [3.05, 3.63) is 59.7 Å². The molecule has 3 rings (SSSR count). The number of sulfonamides is 1. The van der Waals surface area contributed by atoms with Gasteiger partial charge in [0.25, 0.3) is 5.91 Å². The third-order valence-corrected chi connectivity index (χ3v) is 5.53. The van der Waals surface area contributed by atoms with Crippen molar-refractivity contribution in [2.75, 3.05) is 11.9 Å². The van der Waals surface area contributed by atoms with Crippen molar-refractivity contribution in [3.8, 4) is 0 Å². The number of carbonyl (C=O) groups is 1. The molecule has 0 bridgehead atoms. The number of rotatable bonds is 6. The minimum absolute atomic E-state index is 0.0294. The molecule has 0 radical (unpaired) electrons. The van der Waals surface area contributed by atoms with E-state index < -0.39 is 27.7 Å². The van der Waals surface area contributed by atoms with Crippen LogP contribution in [0.25, 0.3) is 0 Å². The zero-order valence-electron chi connectivity index (χ0n) is 14.1. The standard InChI is InChI=1S/C18H17F3N2O3S/c19-18(20,21)14-4-2-5-15(10-14)23-17(24)13-3-1-6-16(9-13)27(25,26)22-11-12-7-8-12/h1-6,9-10,12,22H,7-8,11H2,(H,23,24). The Morgan fingerprint density at radius 1 is 1.07 bits per heavy atom. The minimum atomic E-state index is -4.53. The van der Waals surface area contributed by atoms with Gasteiger partial charge in [0, 0.05) is 17.8 Å². The maximum absolute atomic E-state index is 12.8. The van der Waals surface area contributed by atoms with Gasteiger partial charge in [-0.15, -0.1) is 0 Å². The predicted octanol–water partition coefficient (Wildman–Crippen LogP) is 3.65. The molecule has 1 aliphatic rings. The van der Waals surface area contributed by atoms with Gasteiger partial charge in [-0.2, -0.15) is 13.2 Å². The summed E-state index contributed by atoms with van der Waals surface area (Å²) in [6, 6.07) is 9.57. The molecular weight excluding hydrogens is 381 g/mol. The Morgan fingerprint density at radius 3 is 2.44 bits per heavy atom. The molecule has 0 unspecified atom stereocenters. The van der Waals surface area contributed by atoms with Crippen LogP contribution in [0, 0.1) is 5.92 Å². The lowest BCUT2D eigenvalue weighted by Crippen LogP contribution is -2.26. The minimum Gasteiger partial charge on any atom is -0.322 e. The normalized spacial score (nSPS) is 14.8. The molecule has 0 aliphatic heterocycles. The second-order valence-corrected chi connectivity index (χ2v) is 8.12. The lowest BCUT2D eigenvalue weighted by Gasteiger charge is -2.11. The number of nitrogens with one attached hydrogen (secondary N) is 2. The van der Waals surface area contributed by atoms with Crippen LogP contribution in [0.4, 0.5) is 18.9 Å². The van der Waals surface area contributed by atoms with Crippen molar-refractivity contribution in [2.24, 2.45) is 5.92 Å². The van der Waals surface area contributed by atoms with Crippen LogP contribution in [0.5, 0.6) is 0 Å². The van der Waals surface area contributed by atoms with Gasteiger partial charge in [0.05, 0.1) is 10.5 Å². The largest absolute Gasteiger partial charge is 0.416 e. The van der Waals surface area contributed by atoms with E-state index in [0.717, 1.165) is 25.0 Å². The van der Waals surface area contributed by atoms with Gasteiger partial charge < -0.3 is 5.32 Å². The summed E-state index contributed by atoms with van der Waals surface area (Å²) >= 11 is 0. The highest BCUT2D eigenvalue weighted by atomic mass is 32.2. The van der Waals surface area contributed by atoms with Crippen molar-refractivity contribution in [1.29, 1.82) is 0 Å². The first kappa shape index (κ1) is 19.4. The van der Waals surface area contributed by atoms with Gasteiger partial charge in [-0.1, -0.05) is 12.1 Å². The van der Waals surface area contributed by atoms with Gasteiger partial charge in [-0.05, 0) is 55.2 Å². The number of halogens is 3. The highest BCUT2D eigenvalue weighted by molar-refractivity contribution is 7.89. The van der Waals surface area contributed by atoms with E-state index in [-0.39, 0.29) is 16.1 Å². The fourth-order valence-corrected chi connectivity index (χ4v) is 3.58. The average molecular weight is 398 g/mol. The van der Waals surface area contributed by atoms with E-state index in [1.165, 1.54) is 36.4 Å². The zero-order valence-corrected chi connectivity index (χ0v) is 14.9. The van der Waals surface area contributed by atoms with Gasteiger partial charge in [0.1, 0.15) is 0 Å². The molecule has 2 aromatic carbocycles. The third kappa shape index (κ3) is 5.08.